The zero-order valence-electron chi connectivity index (χ0n) is 16.4. The van der Waals surface area contributed by atoms with Gasteiger partial charge in [-0.15, -0.1) is 0 Å². The van der Waals surface area contributed by atoms with Crippen LogP contribution in [-0.4, -0.2) is 77.8 Å². The molecule has 3 atom stereocenters. The lowest BCUT2D eigenvalue weighted by Crippen LogP contribution is -2.42. The molecule has 1 amide bonds. The van der Waals surface area contributed by atoms with Gasteiger partial charge in [0.05, 0.1) is 44.7 Å². The maximum absolute atomic E-state index is 13.3. The summed E-state index contributed by atoms with van der Waals surface area (Å²) in [6, 6.07) is 10.7. The largest absolute Gasteiger partial charge is 0.377 e. The molecule has 3 aliphatic heterocycles. The fourth-order valence-electron chi connectivity index (χ4n) is 5.04. The molecule has 0 radical (unpaired) electrons. The average molecular weight is 394 g/mol. The summed E-state index contributed by atoms with van der Waals surface area (Å²) >= 11 is 0. The van der Waals surface area contributed by atoms with Gasteiger partial charge in [-0.1, -0.05) is 30.3 Å². The Morgan fingerprint density at radius 2 is 1.79 bits per heavy atom. The van der Waals surface area contributed by atoms with Crippen molar-refractivity contribution in [3.05, 3.63) is 60.2 Å². The van der Waals surface area contributed by atoms with Crippen molar-refractivity contribution in [2.45, 2.75) is 12.1 Å². The van der Waals surface area contributed by atoms with Crippen molar-refractivity contribution in [3.8, 4) is 0 Å². The molecule has 0 spiro atoms. The smallest absolute Gasteiger partial charge is 0.274 e. The molecule has 5 rings (SSSR count). The Labute approximate surface area is 170 Å². The Morgan fingerprint density at radius 3 is 2.52 bits per heavy atom. The van der Waals surface area contributed by atoms with Gasteiger partial charge in [-0.05, 0) is 11.5 Å². The van der Waals surface area contributed by atoms with Crippen molar-refractivity contribution in [1.82, 2.24) is 19.8 Å². The molecule has 0 unspecified atom stereocenters. The topological polar surface area (TPSA) is 67.8 Å². The van der Waals surface area contributed by atoms with Gasteiger partial charge in [0.1, 0.15) is 5.69 Å². The van der Waals surface area contributed by atoms with E-state index in [2.05, 4.69) is 27.0 Å². The van der Waals surface area contributed by atoms with E-state index in [-0.39, 0.29) is 11.9 Å². The summed E-state index contributed by atoms with van der Waals surface area (Å²) < 4.78 is 11.4. The number of amides is 1. The van der Waals surface area contributed by atoms with Gasteiger partial charge < -0.3 is 14.4 Å². The molecule has 0 aliphatic carbocycles. The van der Waals surface area contributed by atoms with Crippen LogP contribution in [0.1, 0.15) is 22.1 Å². The van der Waals surface area contributed by atoms with Crippen LogP contribution >= 0.6 is 0 Å². The summed E-state index contributed by atoms with van der Waals surface area (Å²) in [4.78, 5) is 26.1. The number of hydrogen-bond donors (Lipinski definition) is 0. The summed E-state index contributed by atoms with van der Waals surface area (Å²) in [6.45, 7) is 5.44. The normalized spacial score (nSPS) is 28.3. The summed E-state index contributed by atoms with van der Waals surface area (Å²) in [5.74, 6) is 0.791. The van der Waals surface area contributed by atoms with Gasteiger partial charge in [0, 0.05) is 37.9 Å². The Balaban J connectivity index is 1.40. The van der Waals surface area contributed by atoms with Crippen LogP contribution < -0.4 is 0 Å². The molecule has 1 aromatic carbocycles. The van der Waals surface area contributed by atoms with Crippen LogP contribution in [0, 0.1) is 11.8 Å². The third kappa shape index (κ3) is 3.66. The Morgan fingerprint density at radius 1 is 1.00 bits per heavy atom. The third-order valence-electron chi connectivity index (χ3n) is 6.39. The zero-order chi connectivity index (χ0) is 19.6. The zero-order valence-corrected chi connectivity index (χ0v) is 16.4. The number of carbonyl (C=O) groups is 1. The second-order valence-electron chi connectivity index (χ2n) is 8.09. The minimum atomic E-state index is -0.0333. The molecule has 152 valence electrons. The van der Waals surface area contributed by atoms with Crippen molar-refractivity contribution >= 4 is 5.91 Å². The highest BCUT2D eigenvalue weighted by molar-refractivity contribution is 5.92. The molecule has 3 saturated heterocycles. The first-order valence-corrected chi connectivity index (χ1v) is 10.3. The van der Waals surface area contributed by atoms with Crippen LogP contribution in [0.15, 0.2) is 48.9 Å². The van der Waals surface area contributed by atoms with Crippen LogP contribution in [0.25, 0.3) is 0 Å². The van der Waals surface area contributed by atoms with Gasteiger partial charge in [-0.25, -0.2) is 4.98 Å². The number of fused-ring (bicyclic) bond motifs is 1. The number of rotatable bonds is 3. The fourth-order valence-corrected chi connectivity index (χ4v) is 5.04. The second kappa shape index (κ2) is 8.18. The molecule has 29 heavy (non-hydrogen) atoms. The molecule has 3 fully saturated rings. The lowest BCUT2D eigenvalue weighted by molar-refractivity contribution is 0.0607. The van der Waals surface area contributed by atoms with Gasteiger partial charge in [-0.2, -0.15) is 0 Å². The average Bonchev–Trinajstić information content (AvgIpc) is 3.21. The minimum Gasteiger partial charge on any atom is -0.377 e. The SMILES string of the molecule is O=C(c1cnccn1)N1C[C@@H]2CN(C3COCCOC3)C[C@@H]2[C@H]1c1ccccc1. The summed E-state index contributed by atoms with van der Waals surface area (Å²) in [5, 5.41) is 0. The first kappa shape index (κ1) is 18.7. The van der Waals surface area contributed by atoms with Crippen LogP contribution in [0.2, 0.25) is 0 Å². The van der Waals surface area contributed by atoms with E-state index in [1.165, 1.54) is 5.56 Å². The highest BCUT2D eigenvalue weighted by Gasteiger charge is 2.50. The van der Waals surface area contributed by atoms with E-state index in [1.54, 1.807) is 18.6 Å². The molecule has 1 aromatic heterocycles. The summed E-state index contributed by atoms with van der Waals surface area (Å²) in [5.41, 5.74) is 1.60. The minimum absolute atomic E-state index is 0.0333. The predicted molar refractivity (Wildman–Crippen MR) is 106 cm³/mol. The van der Waals surface area contributed by atoms with Crippen molar-refractivity contribution < 1.29 is 14.3 Å². The number of aromatic nitrogens is 2. The van der Waals surface area contributed by atoms with Gasteiger partial charge in [0.2, 0.25) is 0 Å². The highest BCUT2D eigenvalue weighted by atomic mass is 16.5. The van der Waals surface area contributed by atoms with E-state index >= 15 is 0 Å². The lowest BCUT2D eigenvalue weighted by Gasteiger charge is -2.32. The molecule has 0 N–H and O–H groups in total. The molecule has 3 aliphatic rings. The van der Waals surface area contributed by atoms with E-state index in [1.807, 2.05) is 23.1 Å². The molecular formula is C22H26N4O3. The maximum Gasteiger partial charge on any atom is 0.274 e. The standard InChI is InChI=1S/C22H26N4O3/c27-22(20-10-23-6-7-24-20)26-12-17-11-25(18-14-28-8-9-29-15-18)13-19(17)21(26)16-4-2-1-3-5-16/h1-7,10,17-19,21H,8-9,11-15H2/t17-,19-,21+/m0/s1. The van der Waals surface area contributed by atoms with Crippen molar-refractivity contribution in [2.24, 2.45) is 11.8 Å². The number of benzene rings is 1. The highest BCUT2D eigenvalue weighted by Crippen LogP contribution is 2.45. The van der Waals surface area contributed by atoms with Gasteiger partial charge in [0.25, 0.3) is 5.91 Å². The van der Waals surface area contributed by atoms with Crippen LogP contribution in [0.5, 0.6) is 0 Å². The van der Waals surface area contributed by atoms with Gasteiger partial charge in [-0.3, -0.25) is 14.7 Å². The first-order valence-electron chi connectivity index (χ1n) is 10.3. The fraction of sp³-hybridized carbons (Fsp3) is 0.500. The molecule has 7 heteroatoms. The predicted octanol–water partition coefficient (Wildman–Crippen LogP) is 1.64. The van der Waals surface area contributed by atoms with Crippen molar-refractivity contribution in [1.29, 1.82) is 0 Å². The van der Waals surface area contributed by atoms with E-state index in [0.29, 0.717) is 36.8 Å². The first-order chi connectivity index (χ1) is 14.3. The molecule has 0 saturated carbocycles. The third-order valence-corrected chi connectivity index (χ3v) is 6.39. The van der Waals surface area contributed by atoms with Crippen LogP contribution in [0.3, 0.4) is 0 Å². The number of carbonyl (C=O) groups excluding carboxylic acids is 1. The van der Waals surface area contributed by atoms with Crippen LogP contribution in [0.4, 0.5) is 0 Å². The number of nitrogens with zero attached hydrogens (tertiary/aromatic N) is 4. The Hall–Kier alpha value is -2.35. The van der Waals surface area contributed by atoms with E-state index in [0.717, 1.165) is 32.8 Å². The lowest BCUT2D eigenvalue weighted by atomic mass is 9.89. The summed E-state index contributed by atoms with van der Waals surface area (Å²) in [7, 11) is 0. The van der Waals surface area contributed by atoms with Gasteiger partial charge >= 0.3 is 0 Å². The van der Waals surface area contributed by atoms with Crippen molar-refractivity contribution in [2.75, 3.05) is 46.1 Å². The van der Waals surface area contributed by atoms with E-state index in [9.17, 15) is 4.79 Å². The van der Waals surface area contributed by atoms with Gasteiger partial charge in [0.15, 0.2) is 0 Å². The molecule has 4 heterocycles. The second-order valence-corrected chi connectivity index (χ2v) is 8.09. The summed E-state index contributed by atoms with van der Waals surface area (Å²) in [6.07, 6.45) is 4.74. The quantitative estimate of drug-likeness (QED) is 0.788. The van der Waals surface area contributed by atoms with Crippen molar-refractivity contribution in [3.63, 3.8) is 0 Å². The van der Waals surface area contributed by atoms with Crippen LogP contribution in [-0.2, 0) is 9.47 Å². The molecular weight excluding hydrogens is 368 g/mol. The monoisotopic (exact) mass is 394 g/mol. The van der Waals surface area contributed by atoms with E-state index in [4.69, 9.17) is 9.47 Å². The molecule has 0 bridgehead atoms. The number of ether oxygens (including phenoxy) is 2. The Bertz CT molecular complexity index is 826. The molecule has 7 nitrogen and oxygen atoms in total. The van der Waals surface area contributed by atoms with E-state index < -0.39 is 0 Å². The molecule has 2 aromatic rings. The number of likely N-dealkylation sites (tertiary alicyclic amines) is 2. The number of hydrogen-bond acceptors (Lipinski definition) is 6. The maximum atomic E-state index is 13.3. The Kier molecular flexibility index (Phi) is 5.26.